The summed E-state index contributed by atoms with van der Waals surface area (Å²) in [5.41, 5.74) is 2.77. The van der Waals surface area contributed by atoms with Gasteiger partial charge in [0.2, 0.25) is 11.8 Å². The second-order valence-corrected chi connectivity index (χ2v) is 8.18. The standard InChI is InChI=1S/C22H23N3O4S/c1-29-15-6-3-13(4-7-15)14-5-8-17-16(11-14)22(28)25-10-9-18(20(25)21(27)24-17)23-19(26)12-30-2/h3-8,11,18,20H,9-10,12H2,1-2H3,(H,23,26)(H,24,27). The first-order valence-corrected chi connectivity index (χ1v) is 11.1. The Bertz CT molecular complexity index is 992. The van der Waals surface area contributed by atoms with Crippen molar-refractivity contribution < 1.29 is 19.1 Å². The van der Waals surface area contributed by atoms with E-state index in [1.165, 1.54) is 11.8 Å². The molecule has 3 amide bonds. The fourth-order valence-corrected chi connectivity index (χ4v) is 4.38. The summed E-state index contributed by atoms with van der Waals surface area (Å²) in [6.45, 7) is 0.424. The van der Waals surface area contributed by atoms with E-state index in [2.05, 4.69) is 10.6 Å². The summed E-state index contributed by atoms with van der Waals surface area (Å²) in [7, 11) is 1.61. The minimum atomic E-state index is -0.708. The van der Waals surface area contributed by atoms with E-state index in [1.54, 1.807) is 18.1 Å². The number of carbonyl (C=O) groups excluding carboxylic acids is 3. The van der Waals surface area contributed by atoms with Gasteiger partial charge in [-0.25, -0.2) is 0 Å². The zero-order valence-electron chi connectivity index (χ0n) is 16.8. The predicted molar refractivity (Wildman–Crippen MR) is 117 cm³/mol. The molecule has 0 aromatic heterocycles. The lowest BCUT2D eigenvalue weighted by Crippen LogP contribution is -2.51. The topological polar surface area (TPSA) is 87.7 Å². The van der Waals surface area contributed by atoms with Crippen LogP contribution in [0.4, 0.5) is 5.69 Å². The molecule has 0 spiro atoms. The molecular formula is C22H23N3O4S. The molecule has 30 heavy (non-hydrogen) atoms. The molecule has 1 fully saturated rings. The molecule has 2 aliphatic heterocycles. The Hall–Kier alpha value is -3.00. The number of hydrogen-bond acceptors (Lipinski definition) is 5. The number of nitrogens with zero attached hydrogens (tertiary/aromatic N) is 1. The number of nitrogens with one attached hydrogen (secondary N) is 2. The molecule has 0 aliphatic carbocycles. The van der Waals surface area contributed by atoms with Gasteiger partial charge in [-0.1, -0.05) is 18.2 Å². The van der Waals surface area contributed by atoms with Crippen LogP contribution in [0.2, 0.25) is 0 Å². The highest BCUT2D eigenvalue weighted by Gasteiger charge is 2.45. The van der Waals surface area contributed by atoms with Crippen molar-refractivity contribution in [2.24, 2.45) is 0 Å². The number of thioether (sulfide) groups is 1. The number of amides is 3. The molecule has 0 bridgehead atoms. The molecule has 1 saturated heterocycles. The number of methoxy groups -OCH3 is 1. The number of hydrogen-bond donors (Lipinski definition) is 2. The van der Waals surface area contributed by atoms with Crippen molar-refractivity contribution in [1.29, 1.82) is 0 Å². The monoisotopic (exact) mass is 425 g/mol. The molecule has 2 unspecified atom stereocenters. The average Bonchev–Trinajstić information content (AvgIpc) is 3.13. The number of carbonyl (C=O) groups is 3. The third-order valence-corrected chi connectivity index (χ3v) is 6.03. The highest BCUT2D eigenvalue weighted by molar-refractivity contribution is 7.99. The fourth-order valence-electron chi connectivity index (χ4n) is 4.03. The van der Waals surface area contributed by atoms with Gasteiger partial charge in [0.1, 0.15) is 11.8 Å². The SMILES string of the molecule is COc1ccc(-c2ccc3c(c2)C(=O)N2CCC(NC(=O)CSC)C2C(=O)N3)cc1. The van der Waals surface area contributed by atoms with Crippen LogP contribution in [0, 0.1) is 0 Å². The lowest BCUT2D eigenvalue weighted by Gasteiger charge is -2.24. The van der Waals surface area contributed by atoms with E-state index < -0.39 is 6.04 Å². The maximum Gasteiger partial charge on any atom is 0.256 e. The first-order chi connectivity index (χ1) is 14.5. The maximum atomic E-state index is 13.3. The lowest BCUT2D eigenvalue weighted by molar-refractivity contribution is -0.122. The van der Waals surface area contributed by atoms with E-state index in [9.17, 15) is 14.4 Å². The molecule has 2 aromatic rings. The summed E-state index contributed by atoms with van der Waals surface area (Å²) in [5.74, 6) is 0.477. The molecule has 2 aliphatic rings. The Morgan fingerprint density at radius 1 is 1.20 bits per heavy atom. The van der Waals surface area contributed by atoms with Crippen LogP contribution in [-0.2, 0) is 9.59 Å². The Balaban J connectivity index is 1.63. The van der Waals surface area contributed by atoms with E-state index in [4.69, 9.17) is 4.74 Å². The van der Waals surface area contributed by atoms with Gasteiger partial charge in [-0.2, -0.15) is 11.8 Å². The molecule has 7 nitrogen and oxygen atoms in total. The number of rotatable bonds is 5. The maximum absolute atomic E-state index is 13.3. The smallest absolute Gasteiger partial charge is 0.256 e. The van der Waals surface area contributed by atoms with Crippen molar-refractivity contribution in [3.05, 3.63) is 48.0 Å². The van der Waals surface area contributed by atoms with E-state index in [0.29, 0.717) is 30.0 Å². The first kappa shape index (κ1) is 20.3. The van der Waals surface area contributed by atoms with Gasteiger partial charge in [-0.15, -0.1) is 0 Å². The zero-order valence-corrected chi connectivity index (χ0v) is 17.6. The number of anilines is 1. The second-order valence-electron chi connectivity index (χ2n) is 7.32. The van der Waals surface area contributed by atoms with Crippen LogP contribution in [-0.4, -0.2) is 60.4 Å². The van der Waals surface area contributed by atoms with Crippen LogP contribution in [0.15, 0.2) is 42.5 Å². The Morgan fingerprint density at radius 3 is 2.63 bits per heavy atom. The third kappa shape index (κ3) is 3.75. The average molecular weight is 426 g/mol. The highest BCUT2D eigenvalue weighted by Crippen LogP contribution is 2.32. The normalized spacial score (nSPS) is 20.1. The van der Waals surface area contributed by atoms with Crippen LogP contribution < -0.4 is 15.4 Å². The van der Waals surface area contributed by atoms with E-state index in [0.717, 1.165) is 16.9 Å². The minimum Gasteiger partial charge on any atom is -0.497 e. The van der Waals surface area contributed by atoms with E-state index >= 15 is 0 Å². The van der Waals surface area contributed by atoms with Gasteiger partial charge in [-0.3, -0.25) is 14.4 Å². The molecule has 8 heteroatoms. The number of benzene rings is 2. The van der Waals surface area contributed by atoms with Crippen LogP contribution in [0.5, 0.6) is 5.75 Å². The van der Waals surface area contributed by atoms with Crippen LogP contribution in [0.1, 0.15) is 16.8 Å². The van der Waals surface area contributed by atoms with Crippen molar-refractivity contribution in [1.82, 2.24) is 10.2 Å². The van der Waals surface area contributed by atoms with Crippen LogP contribution >= 0.6 is 11.8 Å². The summed E-state index contributed by atoms with van der Waals surface area (Å²) < 4.78 is 5.20. The van der Waals surface area contributed by atoms with Gasteiger partial charge in [0.25, 0.3) is 5.91 Å². The fraction of sp³-hybridized carbons (Fsp3) is 0.318. The highest BCUT2D eigenvalue weighted by atomic mass is 32.2. The summed E-state index contributed by atoms with van der Waals surface area (Å²) in [6, 6.07) is 11.9. The molecule has 2 N–H and O–H groups in total. The lowest BCUT2D eigenvalue weighted by atomic mass is 10.0. The molecule has 0 radical (unpaired) electrons. The van der Waals surface area contributed by atoms with Crippen molar-refractivity contribution in [2.45, 2.75) is 18.5 Å². The van der Waals surface area contributed by atoms with Crippen LogP contribution in [0.25, 0.3) is 11.1 Å². The van der Waals surface area contributed by atoms with Crippen LogP contribution in [0.3, 0.4) is 0 Å². The van der Waals surface area contributed by atoms with E-state index in [-0.39, 0.29) is 23.8 Å². The van der Waals surface area contributed by atoms with Crippen molar-refractivity contribution in [3.8, 4) is 16.9 Å². The Morgan fingerprint density at radius 2 is 1.93 bits per heavy atom. The molecule has 156 valence electrons. The summed E-state index contributed by atoms with van der Waals surface area (Å²) >= 11 is 1.42. The molecule has 2 aromatic carbocycles. The van der Waals surface area contributed by atoms with Gasteiger partial charge >= 0.3 is 0 Å². The summed E-state index contributed by atoms with van der Waals surface area (Å²) in [6.07, 6.45) is 2.40. The second kappa shape index (κ2) is 8.39. The van der Waals surface area contributed by atoms with Gasteiger partial charge < -0.3 is 20.3 Å². The van der Waals surface area contributed by atoms with Gasteiger partial charge in [0.05, 0.1) is 30.2 Å². The third-order valence-electron chi connectivity index (χ3n) is 5.48. The molecule has 2 heterocycles. The van der Waals surface area contributed by atoms with Gasteiger partial charge in [-0.05, 0) is 48.1 Å². The quantitative estimate of drug-likeness (QED) is 0.768. The molecule has 0 saturated carbocycles. The molecule has 4 rings (SSSR count). The van der Waals surface area contributed by atoms with E-state index in [1.807, 2.05) is 42.7 Å². The zero-order chi connectivity index (χ0) is 21.3. The first-order valence-electron chi connectivity index (χ1n) is 9.70. The number of ether oxygens (including phenoxy) is 1. The number of fused-ring (bicyclic) bond motifs is 2. The summed E-state index contributed by atoms with van der Waals surface area (Å²) in [4.78, 5) is 39.8. The molecular weight excluding hydrogens is 402 g/mol. The Kier molecular flexibility index (Phi) is 5.67. The van der Waals surface area contributed by atoms with Crippen molar-refractivity contribution in [3.63, 3.8) is 0 Å². The summed E-state index contributed by atoms with van der Waals surface area (Å²) in [5, 5.41) is 5.78. The van der Waals surface area contributed by atoms with Gasteiger partial charge in [0.15, 0.2) is 0 Å². The largest absolute Gasteiger partial charge is 0.497 e. The minimum absolute atomic E-state index is 0.127. The van der Waals surface area contributed by atoms with Crippen molar-refractivity contribution >= 4 is 35.2 Å². The van der Waals surface area contributed by atoms with Gasteiger partial charge in [0, 0.05) is 6.54 Å². The predicted octanol–water partition coefficient (Wildman–Crippen LogP) is 2.38. The molecule has 2 atom stereocenters. The van der Waals surface area contributed by atoms with Crippen molar-refractivity contribution in [2.75, 3.05) is 31.0 Å². The Labute approximate surface area is 179 Å².